The van der Waals surface area contributed by atoms with Gasteiger partial charge in [-0.25, -0.2) is 8.78 Å². The van der Waals surface area contributed by atoms with Crippen molar-refractivity contribution in [2.75, 3.05) is 39.9 Å². The number of piperidine rings is 1. The minimum Gasteiger partial charge on any atom is -0.383 e. The van der Waals surface area contributed by atoms with Crippen molar-refractivity contribution in [1.82, 2.24) is 10.2 Å². The maximum atomic E-state index is 12.5. The van der Waals surface area contributed by atoms with Crippen molar-refractivity contribution < 1.29 is 18.3 Å². The zero-order chi connectivity index (χ0) is 15.0. The number of carbonyl (C=O) groups is 1. The van der Waals surface area contributed by atoms with Gasteiger partial charge in [-0.3, -0.25) is 4.79 Å². The van der Waals surface area contributed by atoms with E-state index in [0.717, 1.165) is 25.9 Å². The number of hydrogen-bond acceptors (Lipinski definition) is 3. The third-order valence-corrected chi connectivity index (χ3v) is 3.96. The molecule has 4 nitrogen and oxygen atoms in total. The molecule has 0 aromatic carbocycles. The van der Waals surface area contributed by atoms with Crippen LogP contribution in [-0.4, -0.2) is 57.1 Å². The second kappa shape index (κ2) is 9.23. The molecule has 0 aromatic heterocycles. The monoisotopic (exact) mass is 292 g/mol. The van der Waals surface area contributed by atoms with Gasteiger partial charge in [-0.2, -0.15) is 0 Å². The molecule has 0 spiro atoms. The first-order valence-corrected chi connectivity index (χ1v) is 7.30. The van der Waals surface area contributed by atoms with Crippen LogP contribution in [0, 0.1) is 11.8 Å². The predicted octanol–water partition coefficient (Wildman–Crippen LogP) is 1.75. The highest BCUT2D eigenvalue weighted by molar-refractivity contribution is 5.76. The first-order valence-electron chi connectivity index (χ1n) is 7.30. The normalized spacial score (nSPS) is 18.2. The molecule has 0 saturated carbocycles. The number of hydrogen-bond donors (Lipinski definition) is 1. The lowest BCUT2D eigenvalue weighted by Gasteiger charge is -2.30. The predicted molar refractivity (Wildman–Crippen MR) is 73.8 cm³/mol. The maximum Gasteiger partial charge on any atom is 0.255 e. The quantitative estimate of drug-likeness (QED) is 0.741. The summed E-state index contributed by atoms with van der Waals surface area (Å²) in [6.07, 6.45) is -0.0332. The van der Waals surface area contributed by atoms with Crippen molar-refractivity contribution >= 4 is 5.91 Å². The van der Waals surface area contributed by atoms with Crippen LogP contribution in [0.4, 0.5) is 8.78 Å². The Kier molecular flexibility index (Phi) is 7.99. The fourth-order valence-electron chi connectivity index (χ4n) is 2.67. The van der Waals surface area contributed by atoms with Crippen molar-refractivity contribution in [2.24, 2.45) is 11.8 Å². The van der Waals surface area contributed by atoms with E-state index in [1.807, 2.05) is 6.92 Å². The van der Waals surface area contributed by atoms with E-state index in [1.54, 1.807) is 0 Å². The lowest BCUT2D eigenvalue weighted by molar-refractivity contribution is -0.135. The van der Waals surface area contributed by atoms with Crippen LogP contribution in [0.15, 0.2) is 0 Å². The molecule has 1 aliphatic heterocycles. The number of nitrogens with zero attached hydrogens (tertiary/aromatic N) is 1. The van der Waals surface area contributed by atoms with Gasteiger partial charge in [-0.1, -0.05) is 6.92 Å². The highest BCUT2D eigenvalue weighted by Gasteiger charge is 2.25. The summed E-state index contributed by atoms with van der Waals surface area (Å²) in [5, 5.41) is 3.29. The van der Waals surface area contributed by atoms with Gasteiger partial charge in [0.2, 0.25) is 5.91 Å². The molecule has 1 unspecified atom stereocenters. The summed E-state index contributed by atoms with van der Waals surface area (Å²) < 4.78 is 29.9. The van der Waals surface area contributed by atoms with E-state index in [0.29, 0.717) is 18.9 Å². The van der Waals surface area contributed by atoms with Crippen molar-refractivity contribution in [2.45, 2.75) is 32.6 Å². The number of rotatable bonds is 8. The average molecular weight is 292 g/mol. The summed E-state index contributed by atoms with van der Waals surface area (Å²) in [4.78, 5) is 13.4. The fraction of sp³-hybridized carbons (Fsp3) is 0.929. The lowest BCUT2D eigenvalue weighted by Crippen LogP contribution is -2.39. The van der Waals surface area contributed by atoms with E-state index in [4.69, 9.17) is 4.74 Å². The van der Waals surface area contributed by atoms with Crippen molar-refractivity contribution in [3.63, 3.8) is 0 Å². The Morgan fingerprint density at radius 1 is 1.40 bits per heavy atom. The molecule has 0 bridgehead atoms. The van der Waals surface area contributed by atoms with Crippen LogP contribution in [0.25, 0.3) is 0 Å². The molecule has 0 radical (unpaired) electrons. The summed E-state index contributed by atoms with van der Waals surface area (Å²) >= 11 is 0. The number of amides is 1. The Morgan fingerprint density at radius 3 is 2.60 bits per heavy atom. The van der Waals surface area contributed by atoms with Crippen LogP contribution in [0.5, 0.6) is 0 Å². The molecule has 1 amide bonds. The van der Waals surface area contributed by atoms with Crippen LogP contribution in [0.1, 0.15) is 26.2 Å². The largest absolute Gasteiger partial charge is 0.383 e. The van der Waals surface area contributed by atoms with Gasteiger partial charge in [-0.05, 0) is 37.8 Å². The summed E-state index contributed by atoms with van der Waals surface area (Å²) in [7, 11) is 1.50. The summed E-state index contributed by atoms with van der Waals surface area (Å²) in [6.45, 7) is 4.03. The van der Waals surface area contributed by atoms with Crippen molar-refractivity contribution in [3.8, 4) is 0 Å². The number of carbonyl (C=O) groups excluding carboxylic acids is 1. The minimum absolute atomic E-state index is 0.187. The Hall–Kier alpha value is -0.750. The molecule has 1 N–H and O–H groups in total. The van der Waals surface area contributed by atoms with Gasteiger partial charge in [0, 0.05) is 20.1 Å². The Bertz CT molecular complexity index is 284. The van der Waals surface area contributed by atoms with Crippen LogP contribution in [0.3, 0.4) is 0 Å². The van der Waals surface area contributed by atoms with Gasteiger partial charge >= 0.3 is 0 Å². The topological polar surface area (TPSA) is 41.6 Å². The van der Waals surface area contributed by atoms with Crippen LogP contribution in [-0.2, 0) is 9.53 Å². The highest BCUT2D eigenvalue weighted by Crippen LogP contribution is 2.25. The van der Waals surface area contributed by atoms with Gasteiger partial charge in [0.15, 0.2) is 0 Å². The molecule has 118 valence electrons. The molecule has 1 fully saturated rings. The van der Waals surface area contributed by atoms with Crippen molar-refractivity contribution in [3.05, 3.63) is 0 Å². The molecule has 1 atom stereocenters. The molecule has 6 heteroatoms. The molecule has 1 rings (SSSR count). The highest BCUT2D eigenvalue weighted by atomic mass is 19.3. The zero-order valence-corrected chi connectivity index (χ0v) is 12.4. The van der Waals surface area contributed by atoms with Gasteiger partial charge < -0.3 is 15.0 Å². The Labute approximate surface area is 119 Å². The van der Waals surface area contributed by atoms with E-state index >= 15 is 0 Å². The molecular weight excluding hydrogens is 266 g/mol. The standard InChI is InChI=1S/C14H26F2N2O2/c1-11(12-3-5-17-6-4-12)9-14(19)18(7-8-20-2)10-13(15)16/h11-13,17H,3-10H2,1-2H3. The van der Waals surface area contributed by atoms with Gasteiger partial charge in [0.05, 0.1) is 13.2 Å². The van der Waals surface area contributed by atoms with Crippen LogP contribution in [0.2, 0.25) is 0 Å². The smallest absolute Gasteiger partial charge is 0.255 e. The lowest BCUT2D eigenvalue weighted by atomic mass is 9.84. The van der Waals surface area contributed by atoms with Gasteiger partial charge in [0.1, 0.15) is 0 Å². The SMILES string of the molecule is COCCN(CC(F)F)C(=O)CC(C)C1CCNCC1. The summed E-state index contributed by atoms with van der Waals surface area (Å²) in [5.74, 6) is 0.566. The summed E-state index contributed by atoms with van der Waals surface area (Å²) in [5.41, 5.74) is 0. The fourth-order valence-corrected chi connectivity index (χ4v) is 2.67. The Balaban J connectivity index is 2.46. The van der Waals surface area contributed by atoms with Gasteiger partial charge in [0.25, 0.3) is 6.43 Å². The van der Waals surface area contributed by atoms with Gasteiger partial charge in [-0.15, -0.1) is 0 Å². The van der Waals surface area contributed by atoms with E-state index in [2.05, 4.69) is 5.32 Å². The number of nitrogens with one attached hydrogen (secondary N) is 1. The maximum absolute atomic E-state index is 12.5. The third kappa shape index (κ3) is 6.13. The van der Waals surface area contributed by atoms with E-state index < -0.39 is 13.0 Å². The number of halogens is 2. The first-order chi connectivity index (χ1) is 9.54. The molecule has 20 heavy (non-hydrogen) atoms. The minimum atomic E-state index is -2.50. The zero-order valence-electron chi connectivity index (χ0n) is 12.4. The summed E-state index contributed by atoms with van der Waals surface area (Å²) in [6, 6.07) is 0. The third-order valence-electron chi connectivity index (χ3n) is 3.96. The molecule has 0 aromatic rings. The van der Waals surface area contributed by atoms with Crippen LogP contribution >= 0.6 is 0 Å². The molecule has 0 aliphatic carbocycles. The number of ether oxygens (including phenoxy) is 1. The Morgan fingerprint density at radius 2 is 2.05 bits per heavy atom. The molecule has 1 aliphatic rings. The molecular formula is C14H26F2N2O2. The second-order valence-electron chi connectivity index (χ2n) is 5.49. The van der Waals surface area contributed by atoms with Crippen molar-refractivity contribution in [1.29, 1.82) is 0 Å². The second-order valence-corrected chi connectivity index (χ2v) is 5.49. The van der Waals surface area contributed by atoms with Crippen LogP contribution < -0.4 is 5.32 Å². The molecule has 1 heterocycles. The van der Waals surface area contributed by atoms with E-state index in [9.17, 15) is 13.6 Å². The van der Waals surface area contributed by atoms with E-state index in [1.165, 1.54) is 12.0 Å². The number of methoxy groups -OCH3 is 1. The molecule has 1 saturated heterocycles. The average Bonchev–Trinajstić information content (AvgIpc) is 2.43. The number of alkyl halides is 2. The van der Waals surface area contributed by atoms with E-state index in [-0.39, 0.29) is 18.4 Å². The first kappa shape index (κ1) is 17.3.